The van der Waals surface area contributed by atoms with Crippen molar-refractivity contribution in [1.29, 1.82) is 0 Å². The summed E-state index contributed by atoms with van der Waals surface area (Å²) in [5, 5.41) is 10.3. The van der Waals surface area contributed by atoms with Crippen LogP contribution >= 0.6 is 11.6 Å². The van der Waals surface area contributed by atoms with Gasteiger partial charge < -0.3 is 14.7 Å². The highest BCUT2D eigenvalue weighted by molar-refractivity contribution is 6.32. The van der Waals surface area contributed by atoms with Crippen molar-refractivity contribution in [3.63, 3.8) is 0 Å². The summed E-state index contributed by atoms with van der Waals surface area (Å²) in [5.74, 6) is 0.499. The van der Waals surface area contributed by atoms with E-state index in [1.165, 1.54) is 11.1 Å². The molecule has 2 aliphatic rings. The first kappa shape index (κ1) is 30.5. The van der Waals surface area contributed by atoms with Gasteiger partial charge in [0.15, 0.2) is 22.3 Å². The van der Waals surface area contributed by atoms with E-state index in [0.717, 1.165) is 56.6 Å². The van der Waals surface area contributed by atoms with E-state index >= 15 is 0 Å². The normalized spacial score (nSPS) is 20.3. The SMILES string of the molecule is CC[C@H]1CN(c2nc3[nH]c(=O)n(C(=O)OC(C)(C)C)c3nc2Cl)CCN1C1CCN([C@@H](CO)c2ccc(C)cc2)CC1. The van der Waals surface area contributed by atoms with E-state index in [0.29, 0.717) is 17.9 Å². The highest BCUT2D eigenvalue weighted by Gasteiger charge is 2.36. The van der Waals surface area contributed by atoms with Crippen molar-refractivity contribution in [3.8, 4) is 0 Å². The number of piperazine rings is 1. The molecule has 5 rings (SSSR count). The second kappa shape index (κ2) is 12.3. The summed E-state index contributed by atoms with van der Waals surface area (Å²) in [6.07, 6.45) is 2.24. The van der Waals surface area contributed by atoms with Crippen LogP contribution in [0.1, 0.15) is 64.1 Å². The van der Waals surface area contributed by atoms with E-state index in [-0.39, 0.29) is 29.1 Å². The number of benzene rings is 1. The zero-order chi connectivity index (χ0) is 30.2. The number of aliphatic hydroxyl groups is 1. The van der Waals surface area contributed by atoms with Crippen LogP contribution in [0.25, 0.3) is 11.3 Å². The van der Waals surface area contributed by atoms with Crippen molar-refractivity contribution in [2.45, 2.75) is 77.6 Å². The lowest BCUT2D eigenvalue weighted by Gasteiger charge is -2.48. The van der Waals surface area contributed by atoms with Crippen molar-refractivity contribution < 1.29 is 14.6 Å². The average molecular weight is 600 g/mol. The van der Waals surface area contributed by atoms with Gasteiger partial charge in [0, 0.05) is 44.8 Å². The van der Waals surface area contributed by atoms with Crippen LogP contribution in [0.4, 0.5) is 10.6 Å². The number of nitrogens with one attached hydrogen (secondary N) is 1. The van der Waals surface area contributed by atoms with Gasteiger partial charge in [-0.05, 0) is 52.5 Å². The van der Waals surface area contributed by atoms with E-state index < -0.39 is 17.4 Å². The highest BCUT2D eigenvalue weighted by Crippen LogP contribution is 2.31. The molecule has 2 atom stereocenters. The van der Waals surface area contributed by atoms with Crippen LogP contribution in [-0.2, 0) is 4.74 Å². The Morgan fingerprint density at radius 1 is 1.14 bits per heavy atom. The molecule has 2 aliphatic heterocycles. The summed E-state index contributed by atoms with van der Waals surface area (Å²) in [5.41, 5.74) is 1.19. The molecule has 2 N–H and O–H groups in total. The number of aliphatic hydroxyl groups excluding tert-OH is 1. The summed E-state index contributed by atoms with van der Waals surface area (Å²) < 4.78 is 6.21. The third-order valence-corrected chi connectivity index (χ3v) is 8.63. The molecule has 0 amide bonds. The summed E-state index contributed by atoms with van der Waals surface area (Å²) >= 11 is 6.61. The molecule has 0 unspecified atom stereocenters. The Bertz CT molecular complexity index is 1460. The molecule has 12 heteroatoms. The number of nitrogens with zero attached hydrogens (tertiary/aromatic N) is 6. The molecule has 1 aromatic carbocycles. The number of hydrogen-bond acceptors (Lipinski definition) is 9. The smallest absolute Gasteiger partial charge is 0.424 e. The van der Waals surface area contributed by atoms with Crippen LogP contribution in [0.3, 0.4) is 0 Å². The lowest BCUT2D eigenvalue weighted by molar-refractivity contribution is 0.0356. The number of carbonyl (C=O) groups is 1. The summed E-state index contributed by atoms with van der Waals surface area (Å²) in [6, 6.07) is 9.27. The fourth-order valence-electron chi connectivity index (χ4n) is 6.22. The Morgan fingerprint density at radius 3 is 2.45 bits per heavy atom. The molecular weight excluding hydrogens is 558 g/mol. The van der Waals surface area contributed by atoms with Crippen LogP contribution in [0.15, 0.2) is 29.1 Å². The molecule has 2 saturated heterocycles. The van der Waals surface area contributed by atoms with Gasteiger partial charge in [-0.2, -0.15) is 4.57 Å². The van der Waals surface area contributed by atoms with Gasteiger partial charge in [0.05, 0.1) is 12.6 Å². The van der Waals surface area contributed by atoms with Gasteiger partial charge in [0.1, 0.15) is 5.60 Å². The van der Waals surface area contributed by atoms with E-state index in [2.05, 4.69) is 67.8 Å². The molecular formula is C30H42ClN7O4. The van der Waals surface area contributed by atoms with Crippen LogP contribution in [-0.4, -0.2) is 97.5 Å². The van der Waals surface area contributed by atoms with Crippen molar-refractivity contribution in [1.82, 2.24) is 29.3 Å². The predicted octanol–water partition coefficient (Wildman–Crippen LogP) is 3.96. The Hall–Kier alpha value is -2.99. The van der Waals surface area contributed by atoms with Gasteiger partial charge in [0.25, 0.3) is 0 Å². The number of H-pyrrole nitrogens is 1. The van der Waals surface area contributed by atoms with Crippen LogP contribution < -0.4 is 10.6 Å². The van der Waals surface area contributed by atoms with Crippen LogP contribution in [0.5, 0.6) is 0 Å². The summed E-state index contributed by atoms with van der Waals surface area (Å²) in [4.78, 5) is 44.1. The Labute approximate surface area is 251 Å². The lowest BCUT2D eigenvalue weighted by Crippen LogP contribution is -2.58. The fraction of sp³-hybridized carbons (Fsp3) is 0.600. The number of aryl methyl sites for hydroxylation is 1. The number of anilines is 1. The lowest BCUT2D eigenvalue weighted by atomic mass is 9.95. The second-order valence-corrected chi connectivity index (χ2v) is 12.7. The van der Waals surface area contributed by atoms with Crippen molar-refractivity contribution >= 4 is 34.8 Å². The largest absolute Gasteiger partial charge is 0.443 e. The number of aromatic nitrogens is 4. The molecule has 0 bridgehead atoms. The quantitative estimate of drug-likeness (QED) is 0.434. The minimum absolute atomic E-state index is 0.0256. The number of piperidine rings is 1. The number of carbonyl (C=O) groups excluding carboxylic acids is 1. The Kier molecular flexibility index (Phi) is 8.94. The van der Waals surface area contributed by atoms with Crippen molar-refractivity contribution in [2.75, 3.05) is 44.2 Å². The van der Waals surface area contributed by atoms with Gasteiger partial charge in [-0.25, -0.2) is 19.6 Å². The number of aromatic amines is 1. The summed E-state index contributed by atoms with van der Waals surface area (Å²) in [7, 11) is 0. The fourth-order valence-corrected chi connectivity index (χ4v) is 6.47. The molecule has 2 fully saturated rings. The monoisotopic (exact) mass is 599 g/mol. The first-order chi connectivity index (χ1) is 20.0. The number of fused-ring (bicyclic) bond motifs is 1. The molecule has 228 valence electrons. The zero-order valence-corrected chi connectivity index (χ0v) is 25.9. The minimum Gasteiger partial charge on any atom is -0.443 e. The van der Waals surface area contributed by atoms with E-state index in [1.807, 2.05) is 0 Å². The first-order valence-corrected chi connectivity index (χ1v) is 15.2. The van der Waals surface area contributed by atoms with E-state index in [1.54, 1.807) is 20.8 Å². The number of imidazole rings is 1. The van der Waals surface area contributed by atoms with Gasteiger partial charge in [-0.15, -0.1) is 0 Å². The molecule has 42 heavy (non-hydrogen) atoms. The Balaban J connectivity index is 1.27. The van der Waals surface area contributed by atoms with E-state index in [9.17, 15) is 14.7 Å². The molecule has 0 spiro atoms. The molecule has 4 heterocycles. The highest BCUT2D eigenvalue weighted by atomic mass is 35.5. The average Bonchev–Trinajstić information content (AvgIpc) is 3.27. The molecule has 0 aliphatic carbocycles. The third-order valence-electron chi connectivity index (χ3n) is 8.38. The van der Waals surface area contributed by atoms with Gasteiger partial charge in [0.2, 0.25) is 0 Å². The third kappa shape index (κ3) is 6.34. The maximum absolute atomic E-state index is 12.7. The number of ether oxygens (including phenoxy) is 1. The standard InChI is InChI=1S/C30H42ClN7O4/c1-6-21-17-36(26-24(31)32-27-25(33-26)34-28(40)38(27)29(41)42-30(3,4)5)15-16-37(21)22-11-13-35(14-12-22)23(18-39)20-9-7-19(2)8-10-20/h7-10,21-23,39H,6,11-18H2,1-5H3,(H,33,34,40)/t21-,23-/m0/s1. The second-order valence-electron chi connectivity index (χ2n) is 12.4. The van der Waals surface area contributed by atoms with Gasteiger partial charge in [-0.3, -0.25) is 14.8 Å². The topological polar surface area (TPSA) is 120 Å². The number of rotatable bonds is 6. The van der Waals surface area contributed by atoms with Gasteiger partial charge >= 0.3 is 11.8 Å². The van der Waals surface area contributed by atoms with Crippen LogP contribution in [0.2, 0.25) is 5.15 Å². The Morgan fingerprint density at radius 2 is 1.83 bits per heavy atom. The maximum atomic E-state index is 12.7. The predicted molar refractivity (Wildman–Crippen MR) is 163 cm³/mol. The first-order valence-electron chi connectivity index (χ1n) is 14.8. The summed E-state index contributed by atoms with van der Waals surface area (Å²) in [6.45, 7) is 13.8. The minimum atomic E-state index is -0.827. The molecule has 0 radical (unpaired) electrons. The van der Waals surface area contributed by atoms with Crippen LogP contribution in [0, 0.1) is 6.92 Å². The number of hydrogen-bond donors (Lipinski definition) is 2. The molecule has 2 aromatic heterocycles. The zero-order valence-electron chi connectivity index (χ0n) is 25.1. The number of likely N-dealkylation sites (tertiary alicyclic amines) is 1. The molecule has 3 aromatic rings. The maximum Gasteiger partial charge on any atom is 0.424 e. The van der Waals surface area contributed by atoms with Gasteiger partial charge in [-0.1, -0.05) is 48.4 Å². The number of halogens is 1. The van der Waals surface area contributed by atoms with E-state index in [4.69, 9.17) is 16.3 Å². The van der Waals surface area contributed by atoms with Crippen molar-refractivity contribution in [3.05, 3.63) is 51.0 Å². The molecule has 11 nitrogen and oxygen atoms in total. The van der Waals surface area contributed by atoms with Crippen molar-refractivity contribution in [2.24, 2.45) is 0 Å². The molecule has 0 saturated carbocycles.